The number of ether oxygens (including phenoxy) is 9. The normalized spacial score (nSPS) is 20.2. The summed E-state index contributed by atoms with van der Waals surface area (Å²) in [6, 6.07) is 9.88. The van der Waals surface area contributed by atoms with E-state index in [9.17, 15) is 68.7 Å². The monoisotopic (exact) mass is 1400 g/mol. The molecule has 0 spiro atoms. The first-order valence-electron chi connectivity index (χ1n) is 33.8. The number of amides is 6. The van der Waals surface area contributed by atoms with Crippen LogP contribution >= 0.6 is 0 Å². The zero-order valence-electron chi connectivity index (χ0n) is 57.8. The molecular formula is C69H94N8O23. The van der Waals surface area contributed by atoms with Crippen molar-refractivity contribution in [2.24, 2.45) is 5.92 Å². The molecule has 548 valence electrons. The van der Waals surface area contributed by atoms with Crippen LogP contribution in [0.3, 0.4) is 0 Å². The lowest BCUT2D eigenvalue weighted by molar-refractivity contribution is -0.271. The summed E-state index contributed by atoms with van der Waals surface area (Å²) in [4.78, 5) is 131. The minimum Gasteiger partial charge on any atom is -0.479 e. The number of carboxylic acid groups (broad SMARTS) is 1. The van der Waals surface area contributed by atoms with Crippen molar-refractivity contribution >= 4 is 64.2 Å². The number of rotatable bonds is 35. The van der Waals surface area contributed by atoms with Crippen molar-refractivity contribution in [3.8, 4) is 17.1 Å². The van der Waals surface area contributed by atoms with Gasteiger partial charge in [-0.05, 0) is 94.2 Å². The van der Waals surface area contributed by atoms with Gasteiger partial charge in [0.25, 0.3) is 5.56 Å². The second-order valence-corrected chi connectivity index (χ2v) is 25.6. The van der Waals surface area contributed by atoms with Crippen LogP contribution in [0, 0.1) is 5.92 Å². The van der Waals surface area contributed by atoms with E-state index in [-0.39, 0.29) is 92.4 Å². The first-order chi connectivity index (χ1) is 47.8. The lowest BCUT2D eigenvalue weighted by Crippen LogP contribution is -2.61. The van der Waals surface area contributed by atoms with Crippen LogP contribution in [0.1, 0.15) is 108 Å². The number of nitrogens with one attached hydrogen (secondary N) is 3. The molecule has 0 unspecified atom stereocenters. The molecular weight excluding hydrogens is 1310 g/mol. The number of aromatic nitrogens is 2. The highest BCUT2D eigenvalue weighted by Gasteiger charge is 2.49. The van der Waals surface area contributed by atoms with Crippen LogP contribution in [-0.4, -0.2) is 245 Å². The number of hydrogen-bond acceptors (Lipinski definition) is 23. The number of aliphatic carboxylic acids is 1. The van der Waals surface area contributed by atoms with Crippen molar-refractivity contribution in [3.05, 3.63) is 86.7 Å². The van der Waals surface area contributed by atoms with Gasteiger partial charge in [-0.3, -0.25) is 28.8 Å². The Hall–Kier alpha value is -8.24. The molecule has 2 fully saturated rings. The van der Waals surface area contributed by atoms with Crippen molar-refractivity contribution in [2.75, 3.05) is 98.1 Å². The average Bonchev–Trinajstić information content (AvgIpc) is 1.49. The molecule has 2 saturated heterocycles. The maximum absolute atomic E-state index is 14.2. The largest absolute Gasteiger partial charge is 0.479 e. The number of nitrogens with zero attached hydrogens (tertiary/aromatic N) is 5. The highest BCUT2D eigenvalue weighted by Crippen LogP contribution is 2.41. The number of methoxy groups -OCH3 is 1. The Bertz CT molecular complexity index is 3620. The van der Waals surface area contributed by atoms with E-state index in [2.05, 4.69) is 16.0 Å². The Balaban J connectivity index is 0.902. The maximum atomic E-state index is 14.2. The molecule has 8 atom stereocenters. The molecule has 0 radical (unpaired) electrons. The summed E-state index contributed by atoms with van der Waals surface area (Å²) in [5.74, 6) is -6.10. The minimum absolute atomic E-state index is 0.0326. The number of fused-ring (bicyclic) bond motifs is 5. The molecule has 100 heavy (non-hydrogen) atoms. The Morgan fingerprint density at radius 3 is 2.15 bits per heavy atom. The Labute approximate surface area is 578 Å². The molecule has 31 nitrogen and oxygen atoms in total. The number of piperidine rings is 1. The number of cyclic esters (lactones) is 1. The lowest BCUT2D eigenvalue weighted by Gasteiger charge is -2.38. The number of aliphatic hydroxyl groups is 4. The fraction of sp³-hybridized carbons (Fsp3) is 0.594. The molecule has 6 heterocycles. The highest BCUT2D eigenvalue weighted by molar-refractivity contribution is 5.99. The predicted octanol–water partition coefficient (Wildman–Crippen LogP) is 1.86. The van der Waals surface area contributed by atoms with Crippen LogP contribution < -0.4 is 26.2 Å². The smallest absolute Gasteiger partial charge is 0.410 e. The Morgan fingerprint density at radius 2 is 1.49 bits per heavy atom. The summed E-state index contributed by atoms with van der Waals surface area (Å²) in [7, 11) is 1.59. The van der Waals surface area contributed by atoms with E-state index >= 15 is 0 Å². The van der Waals surface area contributed by atoms with E-state index in [1.165, 1.54) is 34.6 Å². The number of hydrogen-bond donors (Lipinski definition) is 8. The molecule has 4 aromatic rings. The second kappa shape index (κ2) is 35.9. The van der Waals surface area contributed by atoms with Crippen LogP contribution in [0.5, 0.6) is 5.75 Å². The van der Waals surface area contributed by atoms with Gasteiger partial charge in [0.2, 0.25) is 35.8 Å². The molecule has 0 saturated carbocycles. The van der Waals surface area contributed by atoms with Crippen molar-refractivity contribution in [1.82, 2.24) is 34.9 Å². The van der Waals surface area contributed by atoms with Gasteiger partial charge in [-0.2, -0.15) is 0 Å². The minimum atomic E-state index is -2.08. The molecule has 31 heteroatoms. The third kappa shape index (κ3) is 18.8. The van der Waals surface area contributed by atoms with Crippen molar-refractivity contribution in [3.63, 3.8) is 0 Å². The quantitative estimate of drug-likeness (QED) is 0.0212. The number of aliphatic hydroxyl groups excluding tert-OH is 3. The van der Waals surface area contributed by atoms with E-state index in [1.54, 1.807) is 57.6 Å². The van der Waals surface area contributed by atoms with Gasteiger partial charge in [0.05, 0.1) is 80.9 Å². The number of anilines is 1. The van der Waals surface area contributed by atoms with Gasteiger partial charge in [0.15, 0.2) is 11.7 Å². The number of carbonyl (C=O) groups is 8. The van der Waals surface area contributed by atoms with Crippen LogP contribution in [0.4, 0.5) is 10.5 Å². The van der Waals surface area contributed by atoms with Gasteiger partial charge in [0.1, 0.15) is 62.6 Å². The number of esters is 1. The van der Waals surface area contributed by atoms with Gasteiger partial charge >= 0.3 is 18.0 Å². The molecule has 4 aliphatic rings. The summed E-state index contributed by atoms with van der Waals surface area (Å²) >= 11 is 0. The summed E-state index contributed by atoms with van der Waals surface area (Å²) < 4.78 is 51.4. The number of carbonyl (C=O) groups excluding carboxylic acids is 7. The van der Waals surface area contributed by atoms with E-state index < -0.39 is 127 Å². The van der Waals surface area contributed by atoms with Gasteiger partial charge in [-0.25, -0.2) is 19.4 Å². The average molecular weight is 1400 g/mol. The zero-order chi connectivity index (χ0) is 72.5. The number of likely N-dealkylation sites (tertiary alicyclic amines) is 1. The molecule has 4 aliphatic heterocycles. The maximum Gasteiger partial charge on any atom is 0.410 e. The molecule has 8 N–H and O–H groups in total. The highest BCUT2D eigenvalue weighted by atomic mass is 16.7. The van der Waals surface area contributed by atoms with Crippen LogP contribution in [0.25, 0.3) is 22.3 Å². The molecule has 0 aliphatic carbocycles. The predicted molar refractivity (Wildman–Crippen MR) is 356 cm³/mol. The first kappa shape index (κ1) is 77.5. The standard InChI is InChI=1S/C69H94N8O23/c1-9-13-54(79)74-21-18-43(19-22-74)76(24-25-93-28-29-95-31-30-94-27-26-92-8)55(80)38-96-37-53(78)73-56(39(3)4)63(85)70-41(7)62(84)72-50-17-16-42(32-52(50)99-66-60(83)58(81)59(82)61(100-66)65(87)88)35-98-68(90)75(40(5)6)23-20-44-45-14-11-12-15-49(45)71-57-46(44)34-77-51(57)33-48-47(64(77)86)36-97-67(89)69(48,91)10-2/h11-12,14-17,32-33,39-41,43,56,58-61,66,81-83,91H,9-10,13,18-31,34-38H2,1-8H3,(H,70,85)(H,72,84)(H,73,78)(H,87,88)/t41-,56-,58-,59-,60+,61-,66+,69-/m0/s1. The molecule has 8 rings (SSSR count). The number of carboxylic acids is 1. The lowest BCUT2D eigenvalue weighted by atomic mass is 9.86. The van der Waals surface area contributed by atoms with Crippen molar-refractivity contribution < 1.29 is 107 Å². The third-order valence-electron chi connectivity index (χ3n) is 18.1. The molecule has 0 bridgehead atoms. The van der Waals surface area contributed by atoms with Crippen LogP contribution in [0.2, 0.25) is 0 Å². The topological polar surface area (TPSA) is 401 Å². The number of benzene rings is 2. The zero-order valence-corrected chi connectivity index (χ0v) is 57.8. The van der Waals surface area contributed by atoms with E-state index in [4.69, 9.17) is 47.6 Å². The summed E-state index contributed by atoms with van der Waals surface area (Å²) in [6.07, 6.45) is -8.56. The third-order valence-corrected chi connectivity index (χ3v) is 18.1. The van der Waals surface area contributed by atoms with Crippen LogP contribution in [-0.2, 0) is 103 Å². The summed E-state index contributed by atoms with van der Waals surface area (Å²) in [5, 5.41) is 62.0. The van der Waals surface area contributed by atoms with Gasteiger partial charge in [0, 0.05) is 68.3 Å². The summed E-state index contributed by atoms with van der Waals surface area (Å²) in [5.41, 5.74) is 0.974. The van der Waals surface area contributed by atoms with E-state index in [0.29, 0.717) is 94.3 Å². The van der Waals surface area contributed by atoms with E-state index in [0.717, 1.165) is 10.9 Å². The van der Waals surface area contributed by atoms with Gasteiger partial charge < -0.3 is 103 Å². The molecule has 6 amide bonds. The van der Waals surface area contributed by atoms with Crippen molar-refractivity contribution in [2.45, 2.75) is 167 Å². The molecule has 2 aromatic heterocycles. The van der Waals surface area contributed by atoms with Gasteiger partial charge in [-0.1, -0.05) is 52.0 Å². The first-order valence-corrected chi connectivity index (χ1v) is 33.8. The number of para-hydroxylation sites is 1. The van der Waals surface area contributed by atoms with Crippen molar-refractivity contribution in [1.29, 1.82) is 0 Å². The second-order valence-electron chi connectivity index (χ2n) is 25.6. The van der Waals surface area contributed by atoms with E-state index in [1.807, 2.05) is 31.2 Å². The fourth-order valence-electron chi connectivity index (χ4n) is 12.4. The SMILES string of the molecule is CCCC(=O)N1CCC(N(CCOCCOCCOCCOC)C(=O)COCC(=O)N[C@H](C(=O)N[C@@H](C)C(=O)Nc2ccc(COC(=O)N(CCc3c4c(nc5ccccc35)-c3cc5c(c(=O)n3C4)COC(=O)[C@]5(O)CC)C(C)C)cc2O[C@@H]2O[C@H](C(=O)O)[C@@H](O)[C@H](O)[C@H]2O)C(C)C)CC1. The Morgan fingerprint density at radius 1 is 0.800 bits per heavy atom. The molecule has 2 aromatic carbocycles. The Kier molecular flexibility index (Phi) is 27.8. The fourth-order valence-corrected chi connectivity index (χ4v) is 12.4. The van der Waals surface area contributed by atoms with Gasteiger partial charge in [-0.15, -0.1) is 0 Å². The number of pyridine rings is 2. The summed E-state index contributed by atoms with van der Waals surface area (Å²) in [6.45, 7) is 13.8. The van der Waals surface area contributed by atoms with Crippen LogP contribution in [0.15, 0.2) is 53.3 Å².